The Morgan fingerprint density at radius 1 is 1.12 bits per heavy atom. The molecular weight excluding hydrogens is 420 g/mol. The number of rotatable bonds is 9. The minimum absolute atomic E-state index is 0.00426. The summed E-state index contributed by atoms with van der Waals surface area (Å²) in [5, 5.41) is 4.46. The summed E-state index contributed by atoms with van der Waals surface area (Å²) < 4.78 is 2.39. The molecule has 0 bridgehead atoms. The molecule has 1 atom stereocenters. The number of aromatic nitrogens is 1. The average Bonchev–Trinajstić information content (AvgIpc) is 3.09. The number of fused-ring (bicyclic) bond motifs is 1. The molecule has 2 heterocycles. The molecule has 180 valence electrons. The first-order chi connectivity index (χ1) is 16.5. The lowest BCUT2D eigenvalue weighted by Gasteiger charge is -2.33. The Kier molecular flexibility index (Phi) is 8.20. The molecule has 1 aliphatic rings. The lowest BCUT2D eigenvalue weighted by molar-refractivity contribution is -0.117. The highest BCUT2D eigenvalue weighted by molar-refractivity contribution is 5.97. The number of carbonyl (C=O) groups excluding carboxylic acids is 1. The lowest BCUT2D eigenvalue weighted by Crippen LogP contribution is -2.46. The molecule has 5 heteroatoms. The minimum Gasteiger partial charge on any atom is -0.349 e. The average molecular weight is 459 g/mol. The number of nitrogens with zero attached hydrogens (tertiary/aromatic N) is 3. The van der Waals surface area contributed by atoms with E-state index in [1.807, 2.05) is 6.08 Å². The van der Waals surface area contributed by atoms with E-state index >= 15 is 0 Å². The third kappa shape index (κ3) is 6.16. The van der Waals surface area contributed by atoms with E-state index in [9.17, 15) is 4.79 Å². The van der Waals surface area contributed by atoms with Gasteiger partial charge in [-0.05, 0) is 71.1 Å². The monoisotopic (exact) mass is 458 g/mol. The second-order valence-corrected chi connectivity index (χ2v) is 9.73. The fourth-order valence-electron chi connectivity index (χ4n) is 5.07. The summed E-state index contributed by atoms with van der Waals surface area (Å²) in [4.78, 5) is 17.5. The van der Waals surface area contributed by atoms with Crippen LogP contribution in [0.1, 0.15) is 36.1 Å². The second-order valence-electron chi connectivity index (χ2n) is 9.73. The fourth-order valence-corrected chi connectivity index (χ4v) is 5.07. The normalized spacial score (nSPS) is 17.1. The maximum Gasteiger partial charge on any atom is 0.244 e. The number of piperidine rings is 1. The van der Waals surface area contributed by atoms with Gasteiger partial charge in [0, 0.05) is 53.9 Å². The molecule has 1 N–H and O–H groups in total. The van der Waals surface area contributed by atoms with Crippen LogP contribution >= 0.6 is 0 Å². The Bertz CT molecular complexity index is 1120. The van der Waals surface area contributed by atoms with Crippen LogP contribution in [0.25, 0.3) is 17.0 Å². The highest BCUT2D eigenvalue weighted by Crippen LogP contribution is 2.27. The fraction of sp³-hybridized carbons (Fsp3) is 0.414. The van der Waals surface area contributed by atoms with Gasteiger partial charge >= 0.3 is 0 Å². The molecule has 1 aliphatic heterocycles. The summed E-state index contributed by atoms with van der Waals surface area (Å²) in [6, 6.07) is 19.3. The van der Waals surface area contributed by atoms with Crippen LogP contribution in [-0.4, -0.2) is 60.0 Å². The van der Waals surface area contributed by atoms with Crippen molar-refractivity contribution >= 4 is 22.9 Å². The van der Waals surface area contributed by atoms with E-state index in [1.165, 1.54) is 22.2 Å². The molecule has 2 aromatic carbocycles. The highest BCUT2D eigenvalue weighted by atomic mass is 16.1. The number of amides is 1. The molecule has 1 amide bonds. The van der Waals surface area contributed by atoms with Crippen molar-refractivity contribution in [1.29, 1.82) is 0 Å². The molecule has 1 saturated heterocycles. The zero-order chi connectivity index (χ0) is 23.9. The van der Waals surface area contributed by atoms with Crippen LogP contribution in [0.4, 0.5) is 0 Å². The Labute approximate surface area is 204 Å². The zero-order valence-corrected chi connectivity index (χ0v) is 20.8. The van der Waals surface area contributed by atoms with Gasteiger partial charge in [0.25, 0.3) is 0 Å². The zero-order valence-electron chi connectivity index (χ0n) is 20.8. The van der Waals surface area contributed by atoms with Gasteiger partial charge in [-0.2, -0.15) is 0 Å². The Balaban J connectivity index is 1.40. The van der Waals surface area contributed by atoms with Gasteiger partial charge in [0.15, 0.2) is 0 Å². The topological polar surface area (TPSA) is 40.5 Å². The summed E-state index contributed by atoms with van der Waals surface area (Å²) in [6.07, 6.45) is 6.96. The van der Waals surface area contributed by atoms with E-state index in [2.05, 4.69) is 95.3 Å². The first-order valence-electron chi connectivity index (χ1n) is 12.5. The number of hydrogen-bond acceptors (Lipinski definition) is 3. The molecule has 34 heavy (non-hydrogen) atoms. The van der Waals surface area contributed by atoms with Gasteiger partial charge in [0.05, 0.1) is 0 Å². The summed E-state index contributed by atoms with van der Waals surface area (Å²) in [5.74, 6) is -0.00426. The van der Waals surface area contributed by atoms with E-state index in [4.69, 9.17) is 0 Å². The molecule has 1 fully saturated rings. The second kappa shape index (κ2) is 11.5. The van der Waals surface area contributed by atoms with E-state index in [-0.39, 0.29) is 11.9 Å². The first kappa shape index (κ1) is 24.2. The molecule has 3 aromatic rings. The molecule has 0 aliphatic carbocycles. The van der Waals surface area contributed by atoms with Crippen LogP contribution in [0.2, 0.25) is 0 Å². The first-order valence-corrected chi connectivity index (χ1v) is 12.5. The van der Waals surface area contributed by atoms with E-state index in [1.54, 1.807) is 6.08 Å². The SMILES string of the molecule is Cc1c(C=CC(=O)NC2CCCN(Cc3ccccc3)C2)c2ccccc2n1CCCN(C)C. The summed E-state index contributed by atoms with van der Waals surface area (Å²) in [6.45, 7) is 7.12. The molecule has 0 radical (unpaired) electrons. The molecule has 0 spiro atoms. The summed E-state index contributed by atoms with van der Waals surface area (Å²) in [7, 11) is 4.22. The maximum absolute atomic E-state index is 12.8. The third-order valence-corrected chi connectivity index (χ3v) is 6.77. The molecule has 0 saturated carbocycles. The maximum atomic E-state index is 12.8. The molecule has 1 aromatic heterocycles. The minimum atomic E-state index is -0.00426. The molecule has 5 nitrogen and oxygen atoms in total. The molecule has 1 unspecified atom stereocenters. The van der Waals surface area contributed by atoms with E-state index < -0.39 is 0 Å². The van der Waals surface area contributed by atoms with Gasteiger partial charge in [0.1, 0.15) is 0 Å². The highest BCUT2D eigenvalue weighted by Gasteiger charge is 2.21. The Hall–Kier alpha value is -2.89. The largest absolute Gasteiger partial charge is 0.349 e. The number of carbonyl (C=O) groups is 1. The molecule has 4 rings (SSSR count). The van der Waals surface area contributed by atoms with E-state index in [0.717, 1.165) is 57.5 Å². The standard InChI is InChI=1S/C29H38N4O/c1-23-26(27-14-7-8-15-28(27)33(23)20-10-18-31(2)3)16-17-29(34)30-25-13-9-19-32(22-25)21-24-11-5-4-6-12-24/h4-8,11-12,14-17,25H,9-10,13,18-22H2,1-3H3,(H,30,34). The Morgan fingerprint density at radius 2 is 1.88 bits per heavy atom. The number of aryl methyl sites for hydroxylation is 1. The predicted octanol–water partition coefficient (Wildman–Crippen LogP) is 4.70. The number of benzene rings is 2. The van der Waals surface area contributed by atoms with Gasteiger partial charge in [-0.15, -0.1) is 0 Å². The van der Waals surface area contributed by atoms with Crippen molar-refractivity contribution in [3.63, 3.8) is 0 Å². The number of para-hydroxylation sites is 1. The van der Waals surface area contributed by atoms with Crippen molar-refractivity contribution < 1.29 is 4.79 Å². The summed E-state index contributed by atoms with van der Waals surface area (Å²) in [5.41, 5.74) is 4.93. The van der Waals surface area contributed by atoms with Gasteiger partial charge in [-0.3, -0.25) is 9.69 Å². The number of nitrogens with one attached hydrogen (secondary N) is 1. The van der Waals surface area contributed by atoms with Crippen molar-refractivity contribution in [2.75, 3.05) is 33.7 Å². The van der Waals surface area contributed by atoms with E-state index in [0.29, 0.717) is 0 Å². The van der Waals surface area contributed by atoms with Crippen LogP contribution in [0.3, 0.4) is 0 Å². The van der Waals surface area contributed by atoms with Gasteiger partial charge in [-0.1, -0.05) is 48.5 Å². The smallest absolute Gasteiger partial charge is 0.244 e. The number of hydrogen-bond donors (Lipinski definition) is 1. The number of likely N-dealkylation sites (tertiary alicyclic amines) is 1. The van der Waals surface area contributed by atoms with Crippen LogP contribution in [0.15, 0.2) is 60.7 Å². The van der Waals surface area contributed by atoms with Crippen LogP contribution in [-0.2, 0) is 17.9 Å². The van der Waals surface area contributed by atoms with Gasteiger partial charge in [-0.25, -0.2) is 0 Å². The van der Waals surface area contributed by atoms with Crippen molar-refractivity contribution in [3.05, 3.63) is 77.5 Å². The van der Waals surface area contributed by atoms with Gasteiger partial charge < -0.3 is 14.8 Å². The summed E-state index contributed by atoms with van der Waals surface area (Å²) >= 11 is 0. The predicted molar refractivity (Wildman–Crippen MR) is 142 cm³/mol. The van der Waals surface area contributed by atoms with Crippen molar-refractivity contribution in [1.82, 2.24) is 19.7 Å². The van der Waals surface area contributed by atoms with Crippen molar-refractivity contribution in [3.8, 4) is 0 Å². The van der Waals surface area contributed by atoms with Gasteiger partial charge in [0.2, 0.25) is 5.91 Å². The Morgan fingerprint density at radius 3 is 2.68 bits per heavy atom. The van der Waals surface area contributed by atoms with Crippen LogP contribution in [0, 0.1) is 6.92 Å². The lowest BCUT2D eigenvalue weighted by atomic mass is 10.0. The van der Waals surface area contributed by atoms with Crippen molar-refractivity contribution in [2.45, 2.75) is 45.3 Å². The van der Waals surface area contributed by atoms with Crippen LogP contribution in [0.5, 0.6) is 0 Å². The van der Waals surface area contributed by atoms with Crippen LogP contribution < -0.4 is 5.32 Å². The molecular formula is C29H38N4O. The quantitative estimate of drug-likeness (QED) is 0.473. The van der Waals surface area contributed by atoms with Crippen molar-refractivity contribution in [2.24, 2.45) is 0 Å². The third-order valence-electron chi connectivity index (χ3n) is 6.77.